The van der Waals surface area contributed by atoms with Crippen LogP contribution in [0.2, 0.25) is 0 Å². The molecule has 2 aromatic rings. The molecule has 1 aliphatic heterocycles. The Labute approximate surface area is 98.5 Å². The van der Waals surface area contributed by atoms with Crippen LogP contribution in [0.3, 0.4) is 0 Å². The summed E-state index contributed by atoms with van der Waals surface area (Å²) < 4.78 is 10.5. The summed E-state index contributed by atoms with van der Waals surface area (Å²) in [5.41, 5.74) is 1.67. The van der Waals surface area contributed by atoms with Gasteiger partial charge in [0.1, 0.15) is 11.6 Å². The number of methoxy groups -OCH3 is 1. The Hall–Kier alpha value is -2.04. The van der Waals surface area contributed by atoms with Crippen LogP contribution in [-0.4, -0.2) is 31.2 Å². The Bertz CT molecular complexity index is 574. The van der Waals surface area contributed by atoms with Crippen LogP contribution >= 0.6 is 0 Å². The Morgan fingerprint density at radius 1 is 1.47 bits per heavy atom. The number of rotatable bonds is 3. The molecule has 0 aliphatic carbocycles. The molecule has 0 saturated carbocycles. The van der Waals surface area contributed by atoms with E-state index < -0.39 is 0 Å². The number of aliphatic imine (C=N–C) groups is 1. The molecule has 5 heteroatoms. The lowest BCUT2D eigenvalue weighted by Crippen LogP contribution is -2.20. The molecule has 0 amide bonds. The van der Waals surface area contributed by atoms with E-state index >= 15 is 0 Å². The summed E-state index contributed by atoms with van der Waals surface area (Å²) in [5.74, 6) is 1.78. The molecular formula is C12H13N3O2. The first kappa shape index (κ1) is 10.1. The van der Waals surface area contributed by atoms with Gasteiger partial charge in [0.2, 0.25) is 0 Å². The van der Waals surface area contributed by atoms with E-state index in [-0.39, 0.29) is 0 Å². The molecule has 3 rings (SSSR count). The molecular weight excluding hydrogens is 218 g/mol. The van der Waals surface area contributed by atoms with E-state index in [1.807, 2.05) is 18.2 Å². The molecule has 0 atom stereocenters. The van der Waals surface area contributed by atoms with Crippen molar-refractivity contribution in [3.63, 3.8) is 0 Å². The third kappa shape index (κ3) is 1.84. The van der Waals surface area contributed by atoms with Crippen molar-refractivity contribution in [2.45, 2.75) is 6.42 Å². The SMILES string of the molecule is COc1ccc2onc(CC3=NCCN3)c2c1. The van der Waals surface area contributed by atoms with Crippen LogP contribution in [0.15, 0.2) is 27.7 Å². The van der Waals surface area contributed by atoms with Gasteiger partial charge in [0.05, 0.1) is 25.8 Å². The van der Waals surface area contributed by atoms with Gasteiger partial charge in [-0.05, 0) is 18.2 Å². The second-order valence-corrected chi connectivity index (χ2v) is 3.92. The van der Waals surface area contributed by atoms with Crippen LogP contribution in [0.25, 0.3) is 11.0 Å². The van der Waals surface area contributed by atoms with Gasteiger partial charge in [-0.15, -0.1) is 0 Å². The minimum atomic E-state index is 0.681. The second-order valence-electron chi connectivity index (χ2n) is 3.92. The van der Waals surface area contributed by atoms with Crippen LogP contribution in [0.4, 0.5) is 0 Å². The molecule has 0 radical (unpaired) electrons. The second kappa shape index (κ2) is 4.08. The highest BCUT2D eigenvalue weighted by atomic mass is 16.5. The van der Waals surface area contributed by atoms with Crippen LogP contribution < -0.4 is 10.1 Å². The van der Waals surface area contributed by atoms with E-state index in [4.69, 9.17) is 9.26 Å². The Kier molecular flexibility index (Phi) is 2.44. The lowest BCUT2D eigenvalue weighted by Gasteiger charge is -2.00. The molecule has 2 heterocycles. The first-order valence-electron chi connectivity index (χ1n) is 5.56. The average molecular weight is 231 g/mol. The summed E-state index contributed by atoms with van der Waals surface area (Å²) >= 11 is 0. The summed E-state index contributed by atoms with van der Waals surface area (Å²) in [6, 6.07) is 5.67. The van der Waals surface area contributed by atoms with Crippen molar-refractivity contribution >= 4 is 16.8 Å². The molecule has 17 heavy (non-hydrogen) atoms. The van der Waals surface area contributed by atoms with Gasteiger partial charge in [0, 0.05) is 11.9 Å². The smallest absolute Gasteiger partial charge is 0.167 e. The van der Waals surface area contributed by atoms with Crippen molar-refractivity contribution in [3.05, 3.63) is 23.9 Å². The number of ether oxygens (including phenoxy) is 1. The number of hydrogen-bond acceptors (Lipinski definition) is 5. The van der Waals surface area contributed by atoms with E-state index in [9.17, 15) is 0 Å². The third-order valence-corrected chi connectivity index (χ3v) is 2.83. The van der Waals surface area contributed by atoms with E-state index in [1.165, 1.54) is 0 Å². The minimum Gasteiger partial charge on any atom is -0.497 e. The highest BCUT2D eigenvalue weighted by molar-refractivity contribution is 5.90. The first-order chi connectivity index (χ1) is 8.36. The van der Waals surface area contributed by atoms with Crippen molar-refractivity contribution in [1.82, 2.24) is 10.5 Å². The fourth-order valence-electron chi connectivity index (χ4n) is 1.95. The molecule has 1 aromatic carbocycles. The van der Waals surface area contributed by atoms with Crippen molar-refractivity contribution in [2.24, 2.45) is 4.99 Å². The summed E-state index contributed by atoms with van der Waals surface area (Å²) in [5, 5.41) is 8.29. The molecule has 0 spiro atoms. The molecule has 1 aromatic heterocycles. The number of nitrogens with one attached hydrogen (secondary N) is 1. The zero-order valence-corrected chi connectivity index (χ0v) is 9.56. The van der Waals surface area contributed by atoms with E-state index in [0.29, 0.717) is 6.42 Å². The van der Waals surface area contributed by atoms with Crippen LogP contribution in [-0.2, 0) is 6.42 Å². The van der Waals surface area contributed by atoms with Crippen molar-refractivity contribution < 1.29 is 9.26 Å². The van der Waals surface area contributed by atoms with Crippen molar-refractivity contribution in [3.8, 4) is 5.75 Å². The molecule has 0 saturated heterocycles. The van der Waals surface area contributed by atoms with Gasteiger partial charge in [0.15, 0.2) is 5.58 Å². The summed E-state index contributed by atoms with van der Waals surface area (Å²) in [6.07, 6.45) is 0.681. The molecule has 0 fully saturated rings. The normalized spacial score (nSPS) is 14.8. The number of nitrogens with zero attached hydrogens (tertiary/aromatic N) is 2. The Morgan fingerprint density at radius 2 is 2.41 bits per heavy atom. The fourth-order valence-corrected chi connectivity index (χ4v) is 1.95. The quantitative estimate of drug-likeness (QED) is 0.867. The summed E-state index contributed by atoms with van der Waals surface area (Å²) in [4.78, 5) is 4.35. The third-order valence-electron chi connectivity index (χ3n) is 2.83. The zero-order chi connectivity index (χ0) is 11.7. The number of amidine groups is 1. The summed E-state index contributed by atoms with van der Waals surface area (Å²) in [6.45, 7) is 1.75. The maximum atomic E-state index is 5.27. The van der Waals surface area contributed by atoms with Gasteiger partial charge in [-0.3, -0.25) is 4.99 Å². The van der Waals surface area contributed by atoms with Gasteiger partial charge >= 0.3 is 0 Å². The highest BCUT2D eigenvalue weighted by Gasteiger charge is 2.13. The fraction of sp³-hybridized carbons (Fsp3) is 0.333. The number of aromatic nitrogens is 1. The Balaban J connectivity index is 1.98. The van der Waals surface area contributed by atoms with Crippen LogP contribution in [0, 0.1) is 0 Å². The van der Waals surface area contributed by atoms with Gasteiger partial charge in [0.25, 0.3) is 0 Å². The topological polar surface area (TPSA) is 59.7 Å². The van der Waals surface area contributed by atoms with Crippen LogP contribution in [0.5, 0.6) is 5.75 Å². The van der Waals surface area contributed by atoms with E-state index in [0.717, 1.165) is 41.3 Å². The lowest BCUT2D eigenvalue weighted by molar-refractivity contribution is 0.415. The van der Waals surface area contributed by atoms with Gasteiger partial charge in [-0.2, -0.15) is 0 Å². The van der Waals surface area contributed by atoms with Crippen molar-refractivity contribution in [2.75, 3.05) is 20.2 Å². The van der Waals surface area contributed by atoms with Gasteiger partial charge in [-0.25, -0.2) is 0 Å². The van der Waals surface area contributed by atoms with Gasteiger partial charge < -0.3 is 14.6 Å². The minimum absolute atomic E-state index is 0.681. The monoisotopic (exact) mass is 231 g/mol. The first-order valence-corrected chi connectivity index (χ1v) is 5.56. The number of fused-ring (bicyclic) bond motifs is 1. The van der Waals surface area contributed by atoms with Crippen molar-refractivity contribution in [1.29, 1.82) is 0 Å². The maximum Gasteiger partial charge on any atom is 0.167 e. The molecule has 5 nitrogen and oxygen atoms in total. The molecule has 0 bridgehead atoms. The molecule has 1 N–H and O–H groups in total. The van der Waals surface area contributed by atoms with Crippen LogP contribution in [0.1, 0.15) is 5.69 Å². The number of benzene rings is 1. The van der Waals surface area contributed by atoms with Gasteiger partial charge in [-0.1, -0.05) is 5.16 Å². The maximum absolute atomic E-state index is 5.27. The zero-order valence-electron chi connectivity index (χ0n) is 9.56. The average Bonchev–Trinajstić information content (AvgIpc) is 2.99. The standard InChI is InChI=1S/C12H13N3O2/c1-16-8-2-3-11-9(6-8)10(15-17-11)7-12-13-4-5-14-12/h2-3,6H,4-5,7H2,1H3,(H,13,14). The summed E-state index contributed by atoms with van der Waals surface area (Å²) in [7, 11) is 1.65. The Morgan fingerprint density at radius 3 is 3.18 bits per heavy atom. The van der Waals surface area contributed by atoms with E-state index in [2.05, 4.69) is 15.5 Å². The highest BCUT2D eigenvalue weighted by Crippen LogP contribution is 2.24. The molecule has 0 unspecified atom stereocenters. The predicted octanol–water partition coefficient (Wildman–Crippen LogP) is 1.38. The lowest BCUT2D eigenvalue weighted by atomic mass is 10.1. The molecule has 1 aliphatic rings. The predicted molar refractivity (Wildman–Crippen MR) is 64.6 cm³/mol. The number of hydrogen-bond donors (Lipinski definition) is 1. The van der Waals surface area contributed by atoms with E-state index in [1.54, 1.807) is 7.11 Å². The molecule has 88 valence electrons. The largest absolute Gasteiger partial charge is 0.497 e.